The van der Waals surface area contributed by atoms with Crippen molar-refractivity contribution >= 4 is 17.7 Å². The Labute approximate surface area is 114 Å². The van der Waals surface area contributed by atoms with Gasteiger partial charge in [0.1, 0.15) is 0 Å². The van der Waals surface area contributed by atoms with Gasteiger partial charge in [-0.25, -0.2) is 5.84 Å². The Morgan fingerprint density at radius 3 is 2.58 bits per heavy atom. The predicted molar refractivity (Wildman–Crippen MR) is 71.1 cm³/mol. The first-order valence-electron chi connectivity index (χ1n) is 5.67. The molecule has 3 N–H and O–H groups in total. The van der Waals surface area contributed by atoms with Crippen LogP contribution in [0.2, 0.25) is 0 Å². The highest BCUT2D eigenvalue weighted by molar-refractivity contribution is 7.98. The van der Waals surface area contributed by atoms with Crippen LogP contribution < -0.4 is 11.3 Å². The normalized spacial score (nSPS) is 10.4. The van der Waals surface area contributed by atoms with Crippen LogP contribution in [-0.2, 0) is 17.0 Å². The Morgan fingerprint density at radius 2 is 2.00 bits per heavy atom. The number of carbonyl (C=O) groups is 1. The van der Waals surface area contributed by atoms with E-state index < -0.39 is 0 Å². The second-order valence-corrected chi connectivity index (χ2v) is 4.86. The standard InChI is InChI=1S/C12H14N4O2S/c1-8-15-16-12(18-8)19-7-10-4-2-9(3-5-10)6-11(17)14-13/h2-5H,6-7,13H2,1H3,(H,14,17). The lowest BCUT2D eigenvalue weighted by Gasteiger charge is -2.02. The molecule has 6 nitrogen and oxygen atoms in total. The van der Waals surface area contributed by atoms with Crippen molar-refractivity contribution in [3.63, 3.8) is 0 Å². The van der Waals surface area contributed by atoms with Gasteiger partial charge in [0.05, 0.1) is 6.42 Å². The van der Waals surface area contributed by atoms with Gasteiger partial charge < -0.3 is 4.42 Å². The van der Waals surface area contributed by atoms with E-state index in [1.54, 1.807) is 6.92 Å². The van der Waals surface area contributed by atoms with Crippen LogP contribution in [0.1, 0.15) is 17.0 Å². The van der Waals surface area contributed by atoms with Gasteiger partial charge >= 0.3 is 0 Å². The van der Waals surface area contributed by atoms with E-state index in [1.807, 2.05) is 24.3 Å². The summed E-state index contributed by atoms with van der Waals surface area (Å²) in [5, 5.41) is 8.23. The van der Waals surface area contributed by atoms with E-state index in [4.69, 9.17) is 10.3 Å². The van der Waals surface area contributed by atoms with Gasteiger partial charge in [-0.1, -0.05) is 36.0 Å². The summed E-state index contributed by atoms with van der Waals surface area (Å²) >= 11 is 1.48. The summed E-state index contributed by atoms with van der Waals surface area (Å²) in [7, 11) is 0. The molecule has 0 fully saturated rings. The van der Waals surface area contributed by atoms with E-state index in [0.29, 0.717) is 11.1 Å². The van der Waals surface area contributed by atoms with Crippen molar-refractivity contribution < 1.29 is 9.21 Å². The van der Waals surface area contributed by atoms with Gasteiger partial charge in [0.25, 0.3) is 5.22 Å². The summed E-state index contributed by atoms with van der Waals surface area (Å²) in [5.41, 5.74) is 4.15. The van der Waals surface area contributed by atoms with Crippen molar-refractivity contribution in [1.29, 1.82) is 0 Å². The SMILES string of the molecule is Cc1nnc(SCc2ccc(CC(=O)NN)cc2)o1. The first-order chi connectivity index (χ1) is 9.17. The molecule has 0 radical (unpaired) electrons. The molecule has 100 valence electrons. The number of hydrogen-bond donors (Lipinski definition) is 2. The first kappa shape index (κ1) is 13.6. The lowest BCUT2D eigenvalue weighted by Crippen LogP contribution is -2.31. The highest BCUT2D eigenvalue weighted by atomic mass is 32.2. The minimum atomic E-state index is -0.205. The molecular formula is C12H14N4O2S. The molecule has 19 heavy (non-hydrogen) atoms. The van der Waals surface area contributed by atoms with Gasteiger partial charge in [-0.05, 0) is 11.1 Å². The number of nitrogens with zero attached hydrogens (tertiary/aromatic N) is 2. The monoisotopic (exact) mass is 278 g/mol. The Morgan fingerprint density at radius 1 is 1.32 bits per heavy atom. The van der Waals surface area contributed by atoms with Crippen molar-refractivity contribution in [3.05, 3.63) is 41.3 Å². The molecule has 0 aliphatic rings. The number of nitrogens with one attached hydrogen (secondary N) is 1. The van der Waals surface area contributed by atoms with Crippen LogP contribution in [0.15, 0.2) is 33.9 Å². The van der Waals surface area contributed by atoms with Crippen LogP contribution in [0.25, 0.3) is 0 Å². The molecular weight excluding hydrogens is 264 g/mol. The van der Waals surface area contributed by atoms with Crippen LogP contribution in [0, 0.1) is 6.92 Å². The molecule has 7 heteroatoms. The largest absolute Gasteiger partial charge is 0.416 e. The van der Waals surface area contributed by atoms with Crippen LogP contribution >= 0.6 is 11.8 Å². The minimum Gasteiger partial charge on any atom is -0.416 e. The molecule has 0 bridgehead atoms. The maximum absolute atomic E-state index is 11.1. The average Bonchev–Trinajstić information content (AvgIpc) is 2.83. The fourth-order valence-corrected chi connectivity index (χ4v) is 2.23. The molecule has 0 atom stereocenters. The Bertz CT molecular complexity index is 553. The Kier molecular flexibility index (Phi) is 4.53. The zero-order chi connectivity index (χ0) is 13.7. The molecule has 2 rings (SSSR count). The summed E-state index contributed by atoms with van der Waals surface area (Å²) in [6, 6.07) is 7.75. The van der Waals surface area contributed by atoms with E-state index in [2.05, 4.69) is 15.6 Å². The van der Waals surface area contributed by atoms with Gasteiger partial charge in [0, 0.05) is 12.7 Å². The predicted octanol–water partition coefficient (Wildman–Crippen LogP) is 1.20. The van der Waals surface area contributed by atoms with Crippen LogP contribution in [0.3, 0.4) is 0 Å². The number of benzene rings is 1. The van der Waals surface area contributed by atoms with Crippen LogP contribution in [0.4, 0.5) is 0 Å². The van der Waals surface area contributed by atoms with E-state index in [-0.39, 0.29) is 12.3 Å². The second kappa shape index (κ2) is 6.35. The van der Waals surface area contributed by atoms with Gasteiger partial charge in [0.2, 0.25) is 11.8 Å². The molecule has 0 aliphatic heterocycles. The molecule has 0 unspecified atom stereocenters. The highest BCUT2D eigenvalue weighted by Crippen LogP contribution is 2.21. The van der Waals surface area contributed by atoms with E-state index in [0.717, 1.165) is 16.9 Å². The summed E-state index contributed by atoms with van der Waals surface area (Å²) in [6.07, 6.45) is 0.285. The van der Waals surface area contributed by atoms with Crippen LogP contribution in [0.5, 0.6) is 0 Å². The zero-order valence-corrected chi connectivity index (χ0v) is 11.2. The maximum atomic E-state index is 11.1. The molecule has 0 spiro atoms. The minimum absolute atomic E-state index is 0.205. The van der Waals surface area contributed by atoms with Crippen molar-refractivity contribution in [2.45, 2.75) is 24.3 Å². The van der Waals surface area contributed by atoms with E-state index in [1.165, 1.54) is 11.8 Å². The third-order valence-corrected chi connectivity index (χ3v) is 3.31. The first-order valence-corrected chi connectivity index (χ1v) is 6.66. The number of hydrogen-bond acceptors (Lipinski definition) is 6. The van der Waals surface area contributed by atoms with Crippen LogP contribution in [-0.4, -0.2) is 16.1 Å². The molecule has 0 saturated carbocycles. The third kappa shape index (κ3) is 4.08. The Hall–Kier alpha value is -1.86. The van der Waals surface area contributed by atoms with E-state index >= 15 is 0 Å². The van der Waals surface area contributed by atoms with Gasteiger partial charge in [-0.2, -0.15) is 0 Å². The smallest absolute Gasteiger partial charge is 0.276 e. The molecule has 0 aliphatic carbocycles. The lowest BCUT2D eigenvalue weighted by atomic mass is 10.1. The van der Waals surface area contributed by atoms with Gasteiger partial charge in [-0.15, -0.1) is 10.2 Å². The molecule has 1 aromatic heterocycles. The van der Waals surface area contributed by atoms with Crippen molar-refractivity contribution in [3.8, 4) is 0 Å². The highest BCUT2D eigenvalue weighted by Gasteiger charge is 2.04. The number of amides is 1. The Balaban J connectivity index is 1.89. The van der Waals surface area contributed by atoms with Crippen molar-refractivity contribution in [1.82, 2.24) is 15.6 Å². The number of aromatic nitrogens is 2. The molecule has 1 aromatic carbocycles. The summed E-state index contributed by atoms with van der Waals surface area (Å²) in [6.45, 7) is 1.76. The fraction of sp³-hybridized carbons (Fsp3) is 0.250. The number of rotatable bonds is 5. The zero-order valence-electron chi connectivity index (χ0n) is 10.4. The molecule has 1 heterocycles. The topological polar surface area (TPSA) is 94.0 Å². The fourth-order valence-electron chi connectivity index (χ4n) is 1.47. The lowest BCUT2D eigenvalue weighted by molar-refractivity contribution is -0.120. The average molecular weight is 278 g/mol. The summed E-state index contributed by atoms with van der Waals surface area (Å²) in [4.78, 5) is 11.1. The number of nitrogens with two attached hydrogens (primary N) is 1. The number of thioether (sulfide) groups is 1. The van der Waals surface area contributed by atoms with E-state index in [9.17, 15) is 4.79 Å². The van der Waals surface area contributed by atoms with Gasteiger partial charge in [-0.3, -0.25) is 10.2 Å². The van der Waals surface area contributed by atoms with Crippen molar-refractivity contribution in [2.75, 3.05) is 0 Å². The molecule has 1 amide bonds. The maximum Gasteiger partial charge on any atom is 0.276 e. The van der Waals surface area contributed by atoms with Gasteiger partial charge in [0.15, 0.2) is 0 Å². The quantitative estimate of drug-likeness (QED) is 0.369. The van der Waals surface area contributed by atoms with Crippen molar-refractivity contribution in [2.24, 2.45) is 5.84 Å². The summed E-state index contributed by atoms with van der Waals surface area (Å²) < 4.78 is 5.27. The molecule has 2 aromatic rings. The number of aryl methyl sites for hydroxylation is 1. The summed E-state index contributed by atoms with van der Waals surface area (Å²) in [5.74, 6) is 6.13. The number of carbonyl (C=O) groups excluding carboxylic acids is 1. The number of hydrazine groups is 1. The second-order valence-electron chi connectivity index (χ2n) is 3.94. The third-order valence-electron chi connectivity index (χ3n) is 2.42. The molecule has 0 saturated heterocycles.